The Balaban J connectivity index is 4.23. The van der Waals surface area contributed by atoms with Gasteiger partial charge < -0.3 is 9.64 Å². The predicted molar refractivity (Wildman–Crippen MR) is 49.1 cm³/mol. The van der Waals surface area contributed by atoms with Crippen LogP contribution in [0.2, 0.25) is 0 Å². The van der Waals surface area contributed by atoms with Gasteiger partial charge in [0.05, 0.1) is 7.11 Å². The molecule has 0 spiro atoms. The second kappa shape index (κ2) is 4.80. The third-order valence-corrected chi connectivity index (χ3v) is 1.47. The Morgan fingerprint density at radius 2 is 2.08 bits per heavy atom. The molecule has 0 N–H and O–H groups in total. The quantitative estimate of drug-likeness (QED) is 0.608. The normalized spacial score (nSPS) is 9.75. The number of methoxy groups -OCH3 is 1. The van der Waals surface area contributed by atoms with Gasteiger partial charge >= 0.3 is 6.09 Å². The van der Waals surface area contributed by atoms with Crippen LogP contribution in [0.15, 0.2) is 12.2 Å². The van der Waals surface area contributed by atoms with Gasteiger partial charge in [-0.3, -0.25) is 0 Å². The molecule has 0 unspecified atom stereocenters. The fraction of sp³-hybridized carbons (Fsp3) is 0.667. The lowest BCUT2D eigenvalue weighted by Gasteiger charge is -2.24. The molecule has 3 nitrogen and oxygen atoms in total. The van der Waals surface area contributed by atoms with E-state index < -0.39 is 0 Å². The van der Waals surface area contributed by atoms with E-state index in [1.807, 2.05) is 20.8 Å². The highest BCUT2D eigenvalue weighted by atomic mass is 16.5. The first-order chi connectivity index (χ1) is 5.49. The van der Waals surface area contributed by atoms with Crippen LogP contribution in [-0.2, 0) is 4.74 Å². The third kappa shape index (κ3) is 3.42. The Labute approximate surface area is 74.0 Å². The summed E-state index contributed by atoms with van der Waals surface area (Å²) < 4.78 is 4.62. The third-order valence-electron chi connectivity index (χ3n) is 1.47. The topological polar surface area (TPSA) is 29.5 Å². The molecule has 0 aliphatic heterocycles. The van der Waals surface area contributed by atoms with Crippen molar-refractivity contribution in [2.45, 2.75) is 26.8 Å². The molecule has 0 aliphatic rings. The number of carbonyl (C=O) groups is 1. The molecule has 1 amide bonds. The smallest absolute Gasteiger partial charge is 0.410 e. The Morgan fingerprint density at radius 3 is 2.33 bits per heavy atom. The first-order valence-corrected chi connectivity index (χ1v) is 3.98. The van der Waals surface area contributed by atoms with Crippen molar-refractivity contribution in [2.75, 3.05) is 13.7 Å². The highest BCUT2D eigenvalue weighted by Crippen LogP contribution is 2.04. The van der Waals surface area contributed by atoms with E-state index in [-0.39, 0.29) is 12.1 Å². The molecule has 0 aromatic carbocycles. The first kappa shape index (κ1) is 11.0. The summed E-state index contributed by atoms with van der Waals surface area (Å²) in [5.74, 6) is 0. The number of rotatable bonds is 3. The first-order valence-electron chi connectivity index (χ1n) is 3.98. The fourth-order valence-corrected chi connectivity index (χ4v) is 0.866. The van der Waals surface area contributed by atoms with Crippen molar-refractivity contribution in [1.82, 2.24) is 4.90 Å². The number of ether oxygens (including phenoxy) is 1. The largest absolute Gasteiger partial charge is 0.453 e. The highest BCUT2D eigenvalue weighted by molar-refractivity contribution is 5.68. The maximum atomic E-state index is 11.2. The molecule has 3 heteroatoms. The maximum absolute atomic E-state index is 11.2. The van der Waals surface area contributed by atoms with Gasteiger partial charge in [-0.05, 0) is 20.8 Å². The molecule has 70 valence electrons. The Morgan fingerprint density at radius 1 is 1.58 bits per heavy atom. The molecule has 0 bridgehead atoms. The minimum absolute atomic E-state index is 0.147. The van der Waals surface area contributed by atoms with Crippen molar-refractivity contribution in [3.63, 3.8) is 0 Å². The summed E-state index contributed by atoms with van der Waals surface area (Å²) in [7, 11) is 1.39. The summed E-state index contributed by atoms with van der Waals surface area (Å²) in [6, 6.07) is 0.147. The molecule has 12 heavy (non-hydrogen) atoms. The van der Waals surface area contributed by atoms with Gasteiger partial charge in [-0.2, -0.15) is 0 Å². The van der Waals surface area contributed by atoms with E-state index in [2.05, 4.69) is 11.3 Å². The lowest BCUT2D eigenvalue weighted by Crippen LogP contribution is -2.37. The molecule has 0 aromatic heterocycles. The van der Waals surface area contributed by atoms with E-state index in [1.165, 1.54) is 7.11 Å². The highest BCUT2D eigenvalue weighted by Gasteiger charge is 2.16. The predicted octanol–water partition coefficient (Wildman–Crippen LogP) is 2.04. The number of amides is 1. The minimum atomic E-state index is -0.298. The molecular formula is C9H17NO2. The molecule has 0 saturated heterocycles. The van der Waals surface area contributed by atoms with Crippen LogP contribution in [0.5, 0.6) is 0 Å². The van der Waals surface area contributed by atoms with E-state index in [1.54, 1.807) is 4.90 Å². The van der Waals surface area contributed by atoms with Crippen LogP contribution in [-0.4, -0.2) is 30.7 Å². The van der Waals surface area contributed by atoms with Crippen LogP contribution in [0.1, 0.15) is 20.8 Å². The number of hydrogen-bond donors (Lipinski definition) is 0. The minimum Gasteiger partial charge on any atom is -0.453 e. The van der Waals surface area contributed by atoms with Crippen LogP contribution in [0, 0.1) is 0 Å². The van der Waals surface area contributed by atoms with Gasteiger partial charge in [-0.15, -0.1) is 0 Å². The van der Waals surface area contributed by atoms with Gasteiger partial charge in [-0.25, -0.2) is 4.79 Å². The number of hydrogen-bond acceptors (Lipinski definition) is 2. The van der Waals surface area contributed by atoms with Gasteiger partial charge in [0.25, 0.3) is 0 Å². The molecule has 0 fully saturated rings. The van der Waals surface area contributed by atoms with Crippen molar-refractivity contribution >= 4 is 6.09 Å². The average Bonchev–Trinajstić information content (AvgIpc) is 1.98. The zero-order valence-corrected chi connectivity index (χ0v) is 8.26. The Hall–Kier alpha value is -0.990. The zero-order valence-electron chi connectivity index (χ0n) is 8.26. The summed E-state index contributed by atoms with van der Waals surface area (Å²) in [6.45, 7) is 10.1. The van der Waals surface area contributed by atoms with Gasteiger partial charge in [0, 0.05) is 12.6 Å². The van der Waals surface area contributed by atoms with Crippen molar-refractivity contribution in [1.29, 1.82) is 0 Å². The summed E-state index contributed by atoms with van der Waals surface area (Å²) >= 11 is 0. The molecule has 0 radical (unpaired) electrons. The molecule has 0 saturated carbocycles. The van der Waals surface area contributed by atoms with E-state index >= 15 is 0 Å². The Kier molecular flexibility index (Phi) is 4.40. The molecule has 0 aromatic rings. The SMILES string of the molecule is C=C(C)CN(C(=O)OC)C(C)C. The van der Waals surface area contributed by atoms with E-state index in [0.29, 0.717) is 6.54 Å². The maximum Gasteiger partial charge on any atom is 0.410 e. The van der Waals surface area contributed by atoms with Gasteiger partial charge in [0.2, 0.25) is 0 Å². The lowest BCUT2D eigenvalue weighted by molar-refractivity contribution is 0.116. The lowest BCUT2D eigenvalue weighted by atomic mass is 10.2. The molecule has 0 heterocycles. The second-order valence-corrected chi connectivity index (χ2v) is 3.15. The molecule has 0 atom stereocenters. The zero-order chi connectivity index (χ0) is 9.72. The van der Waals surface area contributed by atoms with E-state index in [9.17, 15) is 4.79 Å². The number of carbonyl (C=O) groups excluding carboxylic acids is 1. The van der Waals surface area contributed by atoms with Crippen LogP contribution in [0.4, 0.5) is 4.79 Å². The van der Waals surface area contributed by atoms with E-state index in [4.69, 9.17) is 0 Å². The van der Waals surface area contributed by atoms with Crippen LogP contribution in [0.25, 0.3) is 0 Å². The van der Waals surface area contributed by atoms with Gasteiger partial charge in [-0.1, -0.05) is 12.2 Å². The summed E-state index contributed by atoms with van der Waals surface area (Å²) in [6.07, 6.45) is -0.298. The van der Waals surface area contributed by atoms with Crippen molar-refractivity contribution in [2.24, 2.45) is 0 Å². The fourth-order valence-electron chi connectivity index (χ4n) is 0.866. The molecule has 0 rings (SSSR count). The monoisotopic (exact) mass is 171 g/mol. The van der Waals surface area contributed by atoms with Crippen LogP contribution < -0.4 is 0 Å². The van der Waals surface area contributed by atoms with Crippen molar-refractivity contribution in [3.05, 3.63) is 12.2 Å². The van der Waals surface area contributed by atoms with Gasteiger partial charge in [0.15, 0.2) is 0 Å². The van der Waals surface area contributed by atoms with Gasteiger partial charge in [0.1, 0.15) is 0 Å². The standard InChI is InChI=1S/C9H17NO2/c1-7(2)6-10(8(3)4)9(11)12-5/h8H,1,6H2,2-5H3. The second-order valence-electron chi connectivity index (χ2n) is 3.15. The number of nitrogens with zero attached hydrogens (tertiary/aromatic N) is 1. The summed E-state index contributed by atoms with van der Waals surface area (Å²) in [5, 5.41) is 0. The summed E-state index contributed by atoms with van der Waals surface area (Å²) in [4.78, 5) is 12.8. The van der Waals surface area contributed by atoms with Crippen molar-refractivity contribution < 1.29 is 9.53 Å². The summed E-state index contributed by atoms with van der Waals surface area (Å²) in [5.41, 5.74) is 0.953. The Bertz CT molecular complexity index is 175. The molecular weight excluding hydrogens is 154 g/mol. The van der Waals surface area contributed by atoms with E-state index in [0.717, 1.165) is 5.57 Å². The molecule has 0 aliphatic carbocycles. The average molecular weight is 171 g/mol. The van der Waals surface area contributed by atoms with Crippen LogP contribution in [0.3, 0.4) is 0 Å². The van der Waals surface area contributed by atoms with Crippen LogP contribution >= 0.6 is 0 Å². The van der Waals surface area contributed by atoms with Crippen molar-refractivity contribution in [3.8, 4) is 0 Å².